The number of anilines is 2. The lowest BCUT2D eigenvalue weighted by atomic mass is 9.99. The highest BCUT2D eigenvalue weighted by molar-refractivity contribution is 6.37. The van der Waals surface area contributed by atoms with Gasteiger partial charge < -0.3 is 15.7 Å². The van der Waals surface area contributed by atoms with Gasteiger partial charge >= 0.3 is 5.97 Å². The second-order valence-electron chi connectivity index (χ2n) is 7.32. The van der Waals surface area contributed by atoms with Crippen LogP contribution in [-0.4, -0.2) is 42.1 Å². The third kappa shape index (κ3) is 4.32. The molecule has 0 saturated carbocycles. The number of nitrogens with one attached hydrogen (secondary N) is 2. The van der Waals surface area contributed by atoms with E-state index in [4.69, 9.17) is 4.84 Å². The number of carboxylic acids is 1. The van der Waals surface area contributed by atoms with Gasteiger partial charge in [-0.1, -0.05) is 36.4 Å². The van der Waals surface area contributed by atoms with Crippen molar-refractivity contribution in [1.29, 1.82) is 0 Å². The van der Waals surface area contributed by atoms with Gasteiger partial charge in [0.15, 0.2) is 0 Å². The van der Waals surface area contributed by atoms with E-state index in [0.29, 0.717) is 33.8 Å². The largest absolute Gasteiger partial charge is 0.478 e. The smallest absolute Gasteiger partial charge is 0.335 e. The molecule has 0 radical (unpaired) electrons. The van der Waals surface area contributed by atoms with Crippen LogP contribution in [0.1, 0.15) is 31.8 Å². The van der Waals surface area contributed by atoms with Gasteiger partial charge in [0.25, 0.3) is 11.8 Å². The zero-order chi connectivity index (χ0) is 23.5. The SMILES string of the molecule is CON(C)C(=O)c1ccc(N/C(=C2\C(=O)Nc3cc(C(=O)O)ccc32)c2ccccc2)cc1. The van der Waals surface area contributed by atoms with E-state index in [-0.39, 0.29) is 17.4 Å². The Morgan fingerprint density at radius 1 is 0.939 bits per heavy atom. The van der Waals surface area contributed by atoms with Crippen LogP contribution in [-0.2, 0) is 9.63 Å². The summed E-state index contributed by atoms with van der Waals surface area (Å²) >= 11 is 0. The molecule has 166 valence electrons. The number of amides is 2. The first-order valence-corrected chi connectivity index (χ1v) is 10.1. The van der Waals surface area contributed by atoms with Gasteiger partial charge in [-0.05, 0) is 42.0 Å². The number of nitrogens with zero attached hydrogens (tertiary/aromatic N) is 1. The normalized spacial score (nSPS) is 13.7. The van der Waals surface area contributed by atoms with E-state index in [0.717, 1.165) is 10.6 Å². The molecular formula is C25H21N3O5. The van der Waals surface area contributed by atoms with Crippen LogP contribution in [0.5, 0.6) is 0 Å². The van der Waals surface area contributed by atoms with Crippen LogP contribution < -0.4 is 10.6 Å². The molecule has 2 amide bonds. The average molecular weight is 443 g/mol. The number of carboxylic acid groups (broad SMARTS) is 1. The molecule has 1 heterocycles. The van der Waals surface area contributed by atoms with Gasteiger partial charge in [0, 0.05) is 23.9 Å². The van der Waals surface area contributed by atoms with E-state index in [1.165, 1.54) is 26.3 Å². The van der Waals surface area contributed by atoms with Crippen LogP contribution in [0.25, 0.3) is 11.3 Å². The van der Waals surface area contributed by atoms with Crippen LogP contribution >= 0.6 is 0 Å². The molecule has 0 saturated heterocycles. The molecule has 0 aromatic heterocycles. The van der Waals surface area contributed by atoms with Crippen molar-refractivity contribution in [1.82, 2.24) is 5.06 Å². The van der Waals surface area contributed by atoms with E-state index >= 15 is 0 Å². The first kappa shape index (κ1) is 21.8. The van der Waals surface area contributed by atoms with Crippen molar-refractivity contribution in [2.45, 2.75) is 0 Å². The Morgan fingerprint density at radius 3 is 2.24 bits per heavy atom. The first-order valence-electron chi connectivity index (χ1n) is 10.1. The summed E-state index contributed by atoms with van der Waals surface area (Å²) in [6.07, 6.45) is 0. The highest BCUT2D eigenvalue weighted by Crippen LogP contribution is 2.38. The topological polar surface area (TPSA) is 108 Å². The minimum Gasteiger partial charge on any atom is -0.478 e. The Hall–Kier alpha value is -4.43. The minimum atomic E-state index is -1.07. The number of hydrogen-bond acceptors (Lipinski definition) is 5. The van der Waals surface area contributed by atoms with Gasteiger partial charge in [-0.2, -0.15) is 0 Å². The number of rotatable bonds is 6. The summed E-state index contributed by atoms with van der Waals surface area (Å²) in [7, 11) is 2.94. The maximum Gasteiger partial charge on any atom is 0.335 e. The second kappa shape index (κ2) is 8.97. The van der Waals surface area contributed by atoms with Gasteiger partial charge in [0.1, 0.15) is 0 Å². The summed E-state index contributed by atoms with van der Waals surface area (Å²) < 4.78 is 0. The highest BCUT2D eigenvalue weighted by atomic mass is 16.7. The van der Waals surface area contributed by atoms with Crippen molar-refractivity contribution in [3.63, 3.8) is 0 Å². The Bertz CT molecular complexity index is 1270. The molecule has 33 heavy (non-hydrogen) atoms. The molecule has 0 fully saturated rings. The molecule has 8 nitrogen and oxygen atoms in total. The fraction of sp³-hybridized carbons (Fsp3) is 0.0800. The minimum absolute atomic E-state index is 0.0887. The maximum atomic E-state index is 12.9. The molecule has 4 rings (SSSR count). The molecule has 0 bridgehead atoms. The highest BCUT2D eigenvalue weighted by Gasteiger charge is 2.29. The van der Waals surface area contributed by atoms with Gasteiger partial charge in [-0.25, -0.2) is 9.86 Å². The molecular weight excluding hydrogens is 422 g/mol. The van der Waals surface area contributed by atoms with Gasteiger partial charge in [-0.15, -0.1) is 0 Å². The Kier molecular flexibility index (Phi) is 5.93. The third-order valence-electron chi connectivity index (χ3n) is 5.28. The Balaban J connectivity index is 1.77. The summed E-state index contributed by atoms with van der Waals surface area (Å²) in [5.41, 5.74) is 3.97. The number of hydroxylamine groups is 2. The zero-order valence-electron chi connectivity index (χ0n) is 18.0. The zero-order valence-corrected chi connectivity index (χ0v) is 18.0. The fourth-order valence-electron chi connectivity index (χ4n) is 3.54. The van der Waals surface area contributed by atoms with E-state index < -0.39 is 5.97 Å². The standard InChI is InChI=1S/C25H21N3O5/c1-28(33-2)24(30)16-8-11-18(12-9-16)26-22(15-6-4-3-5-7-15)21-19-13-10-17(25(31)32)14-20(19)27-23(21)29/h3-14,26H,1-2H3,(H,27,29)(H,31,32)/b22-21-. The summed E-state index contributed by atoms with van der Waals surface area (Å²) in [5.74, 6) is -1.70. The number of fused-ring (bicyclic) bond motifs is 1. The van der Waals surface area contributed by atoms with Crippen molar-refractivity contribution in [3.05, 3.63) is 95.1 Å². The summed E-state index contributed by atoms with van der Waals surface area (Å²) in [6, 6.07) is 20.7. The second-order valence-corrected chi connectivity index (χ2v) is 7.32. The molecule has 0 atom stereocenters. The lowest BCUT2D eigenvalue weighted by Gasteiger charge is -2.16. The number of benzene rings is 3. The van der Waals surface area contributed by atoms with Crippen LogP contribution in [0.3, 0.4) is 0 Å². The molecule has 0 unspecified atom stereocenters. The molecule has 1 aliphatic heterocycles. The predicted molar refractivity (Wildman–Crippen MR) is 124 cm³/mol. The predicted octanol–water partition coefficient (Wildman–Crippen LogP) is 3.95. The molecule has 3 N–H and O–H groups in total. The van der Waals surface area contributed by atoms with Crippen LogP contribution in [0, 0.1) is 0 Å². The van der Waals surface area contributed by atoms with Crippen LogP contribution in [0.4, 0.5) is 11.4 Å². The maximum absolute atomic E-state index is 12.9. The van der Waals surface area contributed by atoms with Crippen LogP contribution in [0.15, 0.2) is 72.8 Å². The first-order chi connectivity index (χ1) is 15.9. The Morgan fingerprint density at radius 2 is 1.61 bits per heavy atom. The number of aromatic carboxylic acids is 1. The molecule has 8 heteroatoms. The van der Waals surface area contributed by atoms with Crippen molar-refractivity contribution < 1.29 is 24.3 Å². The monoisotopic (exact) mass is 443 g/mol. The van der Waals surface area contributed by atoms with E-state index in [2.05, 4.69) is 10.6 Å². The van der Waals surface area contributed by atoms with E-state index in [1.807, 2.05) is 30.3 Å². The van der Waals surface area contributed by atoms with Crippen molar-refractivity contribution in [2.75, 3.05) is 24.8 Å². The van der Waals surface area contributed by atoms with Gasteiger partial charge in [0.2, 0.25) is 0 Å². The quantitative estimate of drug-likeness (QED) is 0.393. The summed E-state index contributed by atoms with van der Waals surface area (Å²) in [6.45, 7) is 0. The summed E-state index contributed by atoms with van der Waals surface area (Å²) in [4.78, 5) is 41.5. The molecule has 1 aliphatic rings. The number of hydrogen-bond donors (Lipinski definition) is 3. The van der Waals surface area contributed by atoms with Crippen molar-refractivity contribution in [2.24, 2.45) is 0 Å². The number of carbonyl (C=O) groups excluding carboxylic acids is 2. The fourth-order valence-corrected chi connectivity index (χ4v) is 3.54. The molecule has 0 aliphatic carbocycles. The molecule has 3 aromatic carbocycles. The molecule has 0 spiro atoms. The van der Waals surface area contributed by atoms with E-state index in [9.17, 15) is 19.5 Å². The van der Waals surface area contributed by atoms with Gasteiger partial charge in [-0.3, -0.25) is 14.4 Å². The number of carbonyl (C=O) groups is 3. The average Bonchev–Trinajstić information content (AvgIpc) is 3.17. The van der Waals surface area contributed by atoms with Crippen LogP contribution in [0.2, 0.25) is 0 Å². The third-order valence-corrected chi connectivity index (χ3v) is 5.28. The summed E-state index contributed by atoms with van der Waals surface area (Å²) in [5, 5.41) is 16.5. The van der Waals surface area contributed by atoms with E-state index in [1.54, 1.807) is 30.3 Å². The lowest BCUT2D eigenvalue weighted by molar-refractivity contribution is -0.110. The van der Waals surface area contributed by atoms with Crippen molar-refractivity contribution in [3.8, 4) is 0 Å². The lowest BCUT2D eigenvalue weighted by Crippen LogP contribution is -2.25. The Labute approximate surface area is 190 Å². The molecule has 3 aromatic rings. The van der Waals surface area contributed by atoms with Crippen molar-refractivity contribution >= 4 is 40.4 Å². The van der Waals surface area contributed by atoms with Gasteiger partial charge in [0.05, 0.1) is 29.6 Å².